The first-order valence-electron chi connectivity index (χ1n) is 8.67. The lowest BCUT2D eigenvalue weighted by Gasteiger charge is -2.38. The fourth-order valence-corrected chi connectivity index (χ4v) is 3.59. The molecule has 0 radical (unpaired) electrons. The highest BCUT2D eigenvalue weighted by molar-refractivity contribution is 9.09. The van der Waals surface area contributed by atoms with E-state index in [1.165, 1.54) is 13.8 Å². The van der Waals surface area contributed by atoms with Crippen LogP contribution in [-0.4, -0.2) is 46.6 Å². The van der Waals surface area contributed by atoms with Gasteiger partial charge in [0.2, 0.25) is 0 Å². The van der Waals surface area contributed by atoms with Crippen molar-refractivity contribution in [3.05, 3.63) is 12.2 Å². The first-order valence-corrected chi connectivity index (χ1v) is 10.0. The molecule has 0 amide bonds. The lowest BCUT2D eigenvalue weighted by molar-refractivity contribution is -0.169. The zero-order valence-electron chi connectivity index (χ0n) is 15.3. The average Bonchev–Trinajstić information content (AvgIpc) is 2.56. The molecule has 0 saturated carbocycles. The maximum Gasteiger partial charge on any atom is 0.302 e. The second-order valence-corrected chi connectivity index (χ2v) is 7.96. The van der Waals surface area contributed by atoms with Gasteiger partial charge in [0.05, 0.1) is 17.6 Å². The van der Waals surface area contributed by atoms with Crippen LogP contribution in [0.1, 0.15) is 46.5 Å². The molecule has 26 heavy (non-hydrogen) atoms. The molecular weight excluding hydrogens is 424 g/mol. The Labute approximate surface area is 168 Å². The molecule has 1 saturated heterocycles. The predicted molar refractivity (Wildman–Crippen MR) is 104 cm³/mol. The first kappa shape index (κ1) is 23.0. The van der Waals surface area contributed by atoms with Crippen molar-refractivity contribution in [2.75, 3.05) is 0 Å². The summed E-state index contributed by atoms with van der Waals surface area (Å²) in [6, 6.07) is 0. The fraction of sp³-hybridized carbons (Fsp3) is 0.684. The van der Waals surface area contributed by atoms with Crippen LogP contribution >= 0.6 is 27.5 Å². The largest absolute Gasteiger partial charge is 0.461 e. The second kappa shape index (κ2) is 11.6. The molecule has 0 aromatic carbocycles. The smallest absolute Gasteiger partial charge is 0.302 e. The number of hydrogen-bond donors (Lipinski definition) is 0. The molecule has 6 atom stereocenters. The minimum atomic E-state index is -0.560. The van der Waals surface area contributed by atoms with Gasteiger partial charge in [0, 0.05) is 31.5 Å². The summed E-state index contributed by atoms with van der Waals surface area (Å²) in [5.41, 5.74) is 0. The van der Waals surface area contributed by atoms with E-state index in [9.17, 15) is 9.59 Å². The van der Waals surface area contributed by atoms with E-state index in [0.717, 1.165) is 6.42 Å². The van der Waals surface area contributed by atoms with Crippen molar-refractivity contribution in [2.24, 2.45) is 0 Å². The Morgan fingerprint density at radius 3 is 2.46 bits per heavy atom. The number of ether oxygens (including phenoxy) is 3. The molecule has 0 aromatic rings. The summed E-state index contributed by atoms with van der Waals surface area (Å²) >= 11 is 10.2. The number of rotatable bonds is 6. The third kappa shape index (κ3) is 7.69. The lowest BCUT2D eigenvalue weighted by Crippen LogP contribution is -2.47. The van der Waals surface area contributed by atoms with Crippen LogP contribution < -0.4 is 0 Å². The maximum atomic E-state index is 11.6. The van der Waals surface area contributed by atoms with Gasteiger partial charge < -0.3 is 14.2 Å². The van der Waals surface area contributed by atoms with E-state index < -0.39 is 29.5 Å². The van der Waals surface area contributed by atoms with Gasteiger partial charge in [0.25, 0.3) is 0 Å². The van der Waals surface area contributed by atoms with Gasteiger partial charge >= 0.3 is 11.9 Å². The number of alkyl halides is 2. The Hall–Kier alpha value is -1.03. The molecule has 146 valence electrons. The van der Waals surface area contributed by atoms with Crippen molar-refractivity contribution in [1.82, 2.24) is 0 Å². The summed E-state index contributed by atoms with van der Waals surface area (Å²) in [4.78, 5) is 23.1. The molecule has 0 aromatic heterocycles. The van der Waals surface area contributed by atoms with E-state index in [-0.39, 0.29) is 17.0 Å². The summed E-state index contributed by atoms with van der Waals surface area (Å²) in [5.74, 6) is 1.62. The number of carbonyl (C=O) groups excluding carboxylic acids is 2. The van der Waals surface area contributed by atoms with Crippen molar-refractivity contribution in [3.63, 3.8) is 0 Å². The van der Waals surface area contributed by atoms with Gasteiger partial charge in [0.1, 0.15) is 12.2 Å². The minimum Gasteiger partial charge on any atom is -0.461 e. The van der Waals surface area contributed by atoms with Gasteiger partial charge in [-0.25, -0.2) is 0 Å². The van der Waals surface area contributed by atoms with Crippen molar-refractivity contribution in [3.8, 4) is 12.3 Å². The molecule has 7 heteroatoms. The van der Waals surface area contributed by atoms with E-state index in [1.807, 2.05) is 13.0 Å². The summed E-state index contributed by atoms with van der Waals surface area (Å²) in [6.07, 6.45) is 9.01. The van der Waals surface area contributed by atoms with Crippen LogP contribution in [-0.2, 0) is 23.8 Å². The Balaban J connectivity index is 3.12. The molecule has 0 bridgehead atoms. The molecule has 1 aliphatic heterocycles. The number of halogens is 2. The van der Waals surface area contributed by atoms with Crippen molar-refractivity contribution < 1.29 is 23.8 Å². The normalized spacial score (nSPS) is 30.7. The van der Waals surface area contributed by atoms with Crippen LogP contribution in [0.15, 0.2) is 12.2 Å². The van der Waals surface area contributed by atoms with Crippen LogP contribution in [0.25, 0.3) is 0 Å². The average molecular weight is 450 g/mol. The summed E-state index contributed by atoms with van der Waals surface area (Å²) < 4.78 is 17.1. The van der Waals surface area contributed by atoms with Crippen LogP contribution in [0, 0.1) is 12.3 Å². The Morgan fingerprint density at radius 1 is 1.31 bits per heavy atom. The zero-order valence-corrected chi connectivity index (χ0v) is 17.7. The summed E-state index contributed by atoms with van der Waals surface area (Å²) in [5, 5.41) is -0.495. The van der Waals surface area contributed by atoms with Crippen LogP contribution in [0.5, 0.6) is 0 Å². The van der Waals surface area contributed by atoms with Crippen LogP contribution in [0.2, 0.25) is 0 Å². The van der Waals surface area contributed by atoms with Gasteiger partial charge in [-0.1, -0.05) is 34.9 Å². The fourth-order valence-electron chi connectivity index (χ4n) is 2.92. The number of hydrogen-bond acceptors (Lipinski definition) is 5. The monoisotopic (exact) mass is 448 g/mol. The van der Waals surface area contributed by atoms with Gasteiger partial charge in [-0.05, 0) is 18.9 Å². The molecule has 0 N–H and O–H groups in total. The van der Waals surface area contributed by atoms with Gasteiger partial charge in [-0.3, -0.25) is 9.59 Å². The summed E-state index contributed by atoms with van der Waals surface area (Å²) in [7, 11) is 0. The zero-order chi connectivity index (χ0) is 19.7. The second-order valence-electron chi connectivity index (χ2n) is 6.23. The van der Waals surface area contributed by atoms with E-state index >= 15 is 0 Å². The van der Waals surface area contributed by atoms with E-state index in [0.29, 0.717) is 19.3 Å². The van der Waals surface area contributed by atoms with Crippen LogP contribution in [0.4, 0.5) is 0 Å². The number of carbonyl (C=O) groups is 2. The molecule has 1 heterocycles. The summed E-state index contributed by atoms with van der Waals surface area (Å²) in [6.45, 7) is 4.72. The SMILES string of the molecule is C#C/C=C/C[C@@H]1OC([C@H](Br)CC)CC(OC(C)=O)[C@@H](Cl)C[C@H]1OC(C)=O. The van der Waals surface area contributed by atoms with Crippen molar-refractivity contribution in [2.45, 2.75) is 81.1 Å². The number of allylic oxidation sites excluding steroid dienone is 1. The van der Waals surface area contributed by atoms with Crippen molar-refractivity contribution in [1.29, 1.82) is 0 Å². The Morgan fingerprint density at radius 2 is 1.92 bits per heavy atom. The highest BCUT2D eigenvalue weighted by atomic mass is 79.9. The maximum absolute atomic E-state index is 11.6. The van der Waals surface area contributed by atoms with Gasteiger partial charge in [-0.15, -0.1) is 18.0 Å². The standard InChI is InChI=1S/C19H26BrClO5/c1-5-7-8-9-16-19(25-13(4)23)10-15(21)18(24-12(3)22)11-17(26-16)14(20)6-2/h1,7-8,14-19H,6,9-11H2,2-4H3/b8-7+/t14-,15+,16+,17?,18?,19-/m1/s1. The number of esters is 2. The minimum absolute atomic E-state index is 0.0413. The molecule has 1 aliphatic rings. The highest BCUT2D eigenvalue weighted by Gasteiger charge is 2.39. The topological polar surface area (TPSA) is 61.8 Å². The lowest BCUT2D eigenvalue weighted by atomic mass is 9.95. The number of terminal acetylenes is 1. The molecule has 5 nitrogen and oxygen atoms in total. The molecule has 0 aliphatic carbocycles. The predicted octanol–water partition coefficient (Wildman–Crippen LogP) is 3.76. The van der Waals surface area contributed by atoms with Crippen molar-refractivity contribution >= 4 is 39.5 Å². The Kier molecular flexibility index (Phi) is 10.3. The van der Waals surface area contributed by atoms with E-state index in [1.54, 1.807) is 6.08 Å². The van der Waals surface area contributed by atoms with E-state index in [2.05, 4.69) is 21.9 Å². The first-order chi connectivity index (χ1) is 12.3. The third-order valence-corrected chi connectivity index (χ3v) is 5.80. The molecule has 1 fully saturated rings. The molecule has 0 spiro atoms. The molecular formula is C19H26BrClO5. The molecule has 1 rings (SSSR count). The highest BCUT2D eigenvalue weighted by Crippen LogP contribution is 2.32. The third-order valence-electron chi connectivity index (χ3n) is 4.10. The van der Waals surface area contributed by atoms with Crippen LogP contribution in [0.3, 0.4) is 0 Å². The van der Waals surface area contributed by atoms with E-state index in [4.69, 9.17) is 32.2 Å². The quantitative estimate of drug-likeness (QED) is 0.351. The van der Waals surface area contributed by atoms with Gasteiger partial charge in [-0.2, -0.15) is 0 Å². The van der Waals surface area contributed by atoms with Gasteiger partial charge in [0.15, 0.2) is 0 Å². The Bertz CT molecular complexity index is 545. The molecule has 2 unspecified atom stereocenters.